The molecule has 1 aliphatic carbocycles. The first-order valence-corrected chi connectivity index (χ1v) is 8.57. The second kappa shape index (κ2) is 7.39. The quantitative estimate of drug-likeness (QED) is 0.855. The summed E-state index contributed by atoms with van der Waals surface area (Å²) in [6.07, 6.45) is -5.76. The van der Waals surface area contributed by atoms with Crippen molar-refractivity contribution < 1.29 is 27.9 Å². The molecule has 4 unspecified atom stereocenters. The third-order valence-corrected chi connectivity index (χ3v) is 4.97. The summed E-state index contributed by atoms with van der Waals surface area (Å²) < 4.78 is 37.6. The van der Waals surface area contributed by atoms with E-state index in [-0.39, 0.29) is 18.6 Å². The first-order valence-electron chi connectivity index (χ1n) is 8.57. The van der Waals surface area contributed by atoms with Crippen LogP contribution in [0.2, 0.25) is 0 Å². The molecule has 0 radical (unpaired) electrons. The Bertz CT molecular complexity index is 691. The minimum absolute atomic E-state index is 0.0735. The van der Waals surface area contributed by atoms with E-state index in [0.29, 0.717) is 0 Å². The van der Waals surface area contributed by atoms with Crippen LogP contribution in [0.25, 0.3) is 0 Å². The first-order chi connectivity index (χ1) is 11.9. The van der Waals surface area contributed by atoms with Crippen molar-refractivity contribution in [2.45, 2.75) is 64.8 Å². The molecular formula is C19H24F3NO3. The van der Waals surface area contributed by atoms with Crippen LogP contribution in [0.4, 0.5) is 13.2 Å². The highest BCUT2D eigenvalue weighted by Crippen LogP contribution is 2.40. The van der Waals surface area contributed by atoms with Crippen LogP contribution in [0.1, 0.15) is 47.9 Å². The predicted octanol–water partition coefficient (Wildman–Crippen LogP) is 3.10. The van der Waals surface area contributed by atoms with Crippen molar-refractivity contribution in [3.05, 3.63) is 34.4 Å². The largest absolute Gasteiger partial charge is 0.408 e. The number of Topliss-reactive ketones (excluding diaryl/α,β-unsaturated/α-hetero) is 1. The maximum absolute atomic E-state index is 12.8. The molecule has 1 amide bonds. The summed E-state index contributed by atoms with van der Waals surface area (Å²) in [5.74, 6) is -2.65. The van der Waals surface area contributed by atoms with Crippen molar-refractivity contribution in [2.75, 3.05) is 0 Å². The number of nitrogens with one attached hydrogen (secondary N) is 1. The van der Waals surface area contributed by atoms with Crippen molar-refractivity contribution in [3.63, 3.8) is 0 Å². The van der Waals surface area contributed by atoms with E-state index in [0.717, 1.165) is 29.2 Å². The molecule has 1 saturated carbocycles. The van der Waals surface area contributed by atoms with Gasteiger partial charge in [0, 0.05) is 12.3 Å². The van der Waals surface area contributed by atoms with E-state index < -0.39 is 36.1 Å². The minimum Gasteiger partial charge on any atom is -0.392 e. The number of aliphatic hydroxyl groups is 1. The molecule has 4 atom stereocenters. The van der Waals surface area contributed by atoms with Crippen LogP contribution in [-0.2, 0) is 9.59 Å². The third-order valence-electron chi connectivity index (χ3n) is 4.97. The summed E-state index contributed by atoms with van der Waals surface area (Å²) >= 11 is 0. The lowest BCUT2D eigenvalue weighted by molar-refractivity contribution is -0.158. The standard InChI is InChI=1S/C19H24F3NO3/c1-9-5-10(2)16(11(3)6-9)17-14(24)7-13(18(17)26)8-15(25)23-12(4)19(20,21)22/h5-6,12-14,17,24H,7-8H2,1-4H3,(H,23,25). The van der Waals surface area contributed by atoms with Gasteiger partial charge in [-0.3, -0.25) is 9.59 Å². The first kappa shape index (κ1) is 20.4. The maximum atomic E-state index is 12.8. The minimum atomic E-state index is -4.53. The second-order valence-corrected chi connectivity index (χ2v) is 7.23. The summed E-state index contributed by atoms with van der Waals surface area (Å²) in [6, 6.07) is 1.87. The lowest BCUT2D eigenvalue weighted by atomic mass is 9.86. The van der Waals surface area contributed by atoms with Crippen LogP contribution in [0.3, 0.4) is 0 Å². The molecule has 1 aliphatic rings. The molecule has 1 aromatic carbocycles. The number of carbonyl (C=O) groups is 2. The SMILES string of the molecule is Cc1cc(C)c(C2C(=O)C(CC(=O)NC(C)C(F)(F)F)CC2O)c(C)c1. The monoisotopic (exact) mass is 371 g/mol. The number of ketones is 1. The molecular weight excluding hydrogens is 347 g/mol. The molecule has 7 heteroatoms. The number of benzene rings is 1. The highest BCUT2D eigenvalue weighted by Gasteiger charge is 2.44. The lowest BCUT2D eigenvalue weighted by Gasteiger charge is -2.20. The molecule has 0 heterocycles. The van der Waals surface area contributed by atoms with E-state index in [2.05, 4.69) is 0 Å². The lowest BCUT2D eigenvalue weighted by Crippen LogP contribution is -2.43. The molecule has 26 heavy (non-hydrogen) atoms. The molecule has 0 aliphatic heterocycles. The van der Waals surface area contributed by atoms with Crippen molar-refractivity contribution >= 4 is 11.7 Å². The average molecular weight is 371 g/mol. The number of aryl methyl sites for hydroxylation is 3. The number of aliphatic hydroxyl groups excluding tert-OH is 1. The Hall–Kier alpha value is -1.89. The molecule has 0 aromatic heterocycles. The highest BCUT2D eigenvalue weighted by molar-refractivity contribution is 5.94. The molecule has 2 rings (SSSR count). The number of rotatable bonds is 4. The van der Waals surface area contributed by atoms with Gasteiger partial charge < -0.3 is 10.4 Å². The highest BCUT2D eigenvalue weighted by atomic mass is 19.4. The zero-order valence-electron chi connectivity index (χ0n) is 15.3. The van der Waals surface area contributed by atoms with Gasteiger partial charge in [-0.1, -0.05) is 17.7 Å². The van der Waals surface area contributed by atoms with Gasteiger partial charge in [-0.25, -0.2) is 0 Å². The van der Waals surface area contributed by atoms with Gasteiger partial charge in [0.05, 0.1) is 12.0 Å². The Morgan fingerprint density at radius 1 is 1.27 bits per heavy atom. The van der Waals surface area contributed by atoms with Gasteiger partial charge in [0.15, 0.2) is 0 Å². The molecule has 0 spiro atoms. The topological polar surface area (TPSA) is 66.4 Å². The van der Waals surface area contributed by atoms with Crippen molar-refractivity contribution in [1.29, 1.82) is 0 Å². The molecule has 1 aromatic rings. The Balaban J connectivity index is 2.15. The van der Waals surface area contributed by atoms with E-state index >= 15 is 0 Å². The van der Waals surface area contributed by atoms with Crippen LogP contribution in [-0.4, -0.2) is 35.1 Å². The summed E-state index contributed by atoms with van der Waals surface area (Å²) in [7, 11) is 0. The van der Waals surface area contributed by atoms with Crippen LogP contribution in [0, 0.1) is 26.7 Å². The van der Waals surface area contributed by atoms with E-state index in [9.17, 15) is 27.9 Å². The second-order valence-electron chi connectivity index (χ2n) is 7.23. The van der Waals surface area contributed by atoms with Gasteiger partial charge in [0.2, 0.25) is 5.91 Å². The fourth-order valence-corrected chi connectivity index (χ4v) is 3.79. The van der Waals surface area contributed by atoms with Crippen LogP contribution in [0.5, 0.6) is 0 Å². The summed E-state index contributed by atoms with van der Waals surface area (Å²) in [5, 5.41) is 12.3. The van der Waals surface area contributed by atoms with Crippen molar-refractivity contribution in [2.24, 2.45) is 5.92 Å². The zero-order valence-corrected chi connectivity index (χ0v) is 15.3. The summed E-state index contributed by atoms with van der Waals surface area (Å²) in [4.78, 5) is 24.6. The molecule has 2 N–H and O–H groups in total. The maximum Gasteiger partial charge on any atom is 0.408 e. The van der Waals surface area contributed by atoms with Gasteiger partial charge in [-0.2, -0.15) is 13.2 Å². The molecule has 144 valence electrons. The Morgan fingerprint density at radius 3 is 2.31 bits per heavy atom. The van der Waals surface area contributed by atoms with E-state index in [4.69, 9.17) is 0 Å². The van der Waals surface area contributed by atoms with Gasteiger partial charge in [-0.05, 0) is 50.8 Å². The number of amides is 1. The van der Waals surface area contributed by atoms with Crippen LogP contribution >= 0.6 is 0 Å². The van der Waals surface area contributed by atoms with E-state index in [1.165, 1.54) is 0 Å². The van der Waals surface area contributed by atoms with Gasteiger partial charge in [-0.15, -0.1) is 0 Å². The average Bonchev–Trinajstić information content (AvgIpc) is 2.72. The van der Waals surface area contributed by atoms with E-state index in [1.807, 2.05) is 38.2 Å². The number of hydrogen-bond acceptors (Lipinski definition) is 3. The van der Waals surface area contributed by atoms with Gasteiger partial charge in [0.1, 0.15) is 11.8 Å². The van der Waals surface area contributed by atoms with Crippen molar-refractivity contribution in [1.82, 2.24) is 5.32 Å². The normalized spacial score (nSPS) is 24.6. The Labute approximate surface area is 150 Å². The fourth-order valence-electron chi connectivity index (χ4n) is 3.79. The fraction of sp³-hybridized carbons (Fsp3) is 0.579. The number of alkyl halides is 3. The van der Waals surface area contributed by atoms with Crippen LogP contribution in [0.15, 0.2) is 12.1 Å². The van der Waals surface area contributed by atoms with Gasteiger partial charge in [0.25, 0.3) is 0 Å². The smallest absolute Gasteiger partial charge is 0.392 e. The van der Waals surface area contributed by atoms with E-state index in [1.54, 1.807) is 0 Å². The van der Waals surface area contributed by atoms with Gasteiger partial charge >= 0.3 is 6.18 Å². The molecule has 4 nitrogen and oxygen atoms in total. The number of halogens is 3. The molecule has 0 saturated heterocycles. The third kappa shape index (κ3) is 4.26. The zero-order chi connectivity index (χ0) is 19.8. The Morgan fingerprint density at radius 2 is 1.81 bits per heavy atom. The summed E-state index contributed by atoms with van der Waals surface area (Å²) in [6.45, 7) is 6.51. The molecule has 0 bridgehead atoms. The number of hydrogen-bond donors (Lipinski definition) is 2. The number of carbonyl (C=O) groups excluding carboxylic acids is 2. The van der Waals surface area contributed by atoms with Crippen LogP contribution < -0.4 is 5.32 Å². The van der Waals surface area contributed by atoms with Crippen molar-refractivity contribution in [3.8, 4) is 0 Å². The summed E-state index contributed by atoms with van der Waals surface area (Å²) in [5.41, 5.74) is 3.56. The molecule has 1 fully saturated rings. The Kier molecular flexibility index (Phi) is 5.80. The predicted molar refractivity (Wildman–Crippen MR) is 90.8 cm³/mol.